The van der Waals surface area contributed by atoms with Crippen molar-refractivity contribution < 1.29 is 27.1 Å². The van der Waals surface area contributed by atoms with Crippen LogP contribution in [0.25, 0.3) is 11.3 Å². The quantitative estimate of drug-likeness (QED) is 0.634. The molecule has 0 saturated heterocycles. The van der Waals surface area contributed by atoms with E-state index in [2.05, 4.69) is 9.97 Å². The standard InChI is InChI=1S/C18H16F2N4O4S/c1-11-5-6-13(8-22-11)29(27,28)24-10-12(9-23(2)18(25)26)15(19)16(24)14-4-3-7-21-17(14)20/h3-8,10H,9H2,1-2H3,(H,25,26). The lowest BCUT2D eigenvalue weighted by Crippen LogP contribution is -2.24. The van der Waals surface area contributed by atoms with Crippen LogP contribution in [0.4, 0.5) is 13.6 Å². The topological polar surface area (TPSA) is 105 Å². The number of rotatable bonds is 5. The summed E-state index contributed by atoms with van der Waals surface area (Å²) < 4.78 is 56.3. The summed E-state index contributed by atoms with van der Waals surface area (Å²) in [6, 6.07) is 5.28. The maximum atomic E-state index is 15.2. The van der Waals surface area contributed by atoms with E-state index >= 15 is 4.39 Å². The number of aromatic nitrogens is 3. The van der Waals surface area contributed by atoms with E-state index in [0.29, 0.717) is 9.67 Å². The van der Waals surface area contributed by atoms with Crippen molar-refractivity contribution >= 4 is 16.1 Å². The number of carboxylic acid groups (broad SMARTS) is 1. The molecule has 0 aliphatic heterocycles. The molecule has 152 valence electrons. The lowest BCUT2D eigenvalue weighted by atomic mass is 10.2. The fourth-order valence-electron chi connectivity index (χ4n) is 2.65. The molecule has 0 unspecified atom stereocenters. The van der Waals surface area contributed by atoms with E-state index in [4.69, 9.17) is 5.11 Å². The molecule has 0 aliphatic rings. The SMILES string of the molecule is Cc1ccc(S(=O)(=O)n2cc(CN(C)C(=O)O)c(F)c2-c2cccnc2F)cn1. The summed E-state index contributed by atoms with van der Waals surface area (Å²) in [7, 11) is -3.16. The van der Waals surface area contributed by atoms with E-state index in [1.165, 1.54) is 31.3 Å². The van der Waals surface area contributed by atoms with Gasteiger partial charge >= 0.3 is 6.09 Å². The highest BCUT2D eigenvalue weighted by Gasteiger charge is 2.29. The lowest BCUT2D eigenvalue weighted by Gasteiger charge is -2.11. The van der Waals surface area contributed by atoms with E-state index in [0.717, 1.165) is 23.5 Å². The van der Waals surface area contributed by atoms with Crippen molar-refractivity contribution in [2.24, 2.45) is 0 Å². The number of pyridine rings is 2. The minimum atomic E-state index is -4.36. The first-order valence-corrected chi connectivity index (χ1v) is 9.70. The molecular formula is C18H16F2N4O4S. The van der Waals surface area contributed by atoms with Crippen LogP contribution in [0.15, 0.2) is 47.8 Å². The molecule has 3 aromatic heterocycles. The Balaban J connectivity index is 2.26. The van der Waals surface area contributed by atoms with Crippen molar-refractivity contribution in [1.82, 2.24) is 18.8 Å². The van der Waals surface area contributed by atoms with Crippen molar-refractivity contribution in [1.29, 1.82) is 0 Å². The molecule has 0 atom stereocenters. The van der Waals surface area contributed by atoms with Gasteiger partial charge in [0.1, 0.15) is 10.6 Å². The van der Waals surface area contributed by atoms with Crippen molar-refractivity contribution in [3.05, 3.63) is 65.9 Å². The molecule has 8 nitrogen and oxygen atoms in total. The monoisotopic (exact) mass is 422 g/mol. The smallest absolute Gasteiger partial charge is 0.407 e. The molecule has 1 N–H and O–H groups in total. The highest BCUT2D eigenvalue weighted by molar-refractivity contribution is 7.90. The van der Waals surface area contributed by atoms with Crippen LogP contribution in [0.3, 0.4) is 0 Å². The van der Waals surface area contributed by atoms with E-state index in [1.807, 2.05) is 0 Å². The number of hydrogen-bond acceptors (Lipinski definition) is 5. The van der Waals surface area contributed by atoms with Gasteiger partial charge < -0.3 is 10.0 Å². The maximum Gasteiger partial charge on any atom is 0.407 e. The average Bonchev–Trinajstić information content (AvgIpc) is 2.99. The van der Waals surface area contributed by atoms with Gasteiger partial charge in [0.15, 0.2) is 5.82 Å². The molecule has 11 heteroatoms. The van der Waals surface area contributed by atoms with Crippen molar-refractivity contribution in [2.45, 2.75) is 18.4 Å². The summed E-state index contributed by atoms with van der Waals surface area (Å²) in [6.45, 7) is 1.23. The number of carbonyl (C=O) groups is 1. The van der Waals surface area contributed by atoms with Gasteiger partial charge in [0.05, 0.1) is 12.1 Å². The van der Waals surface area contributed by atoms with Crippen LogP contribution < -0.4 is 0 Å². The highest BCUT2D eigenvalue weighted by atomic mass is 32.2. The second-order valence-corrected chi connectivity index (χ2v) is 8.05. The van der Waals surface area contributed by atoms with E-state index in [1.54, 1.807) is 6.92 Å². The molecule has 3 heterocycles. The molecule has 0 saturated carbocycles. The third-order valence-electron chi connectivity index (χ3n) is 4.17. The largest absolute Gasteiger partial charge is 0.465 e. The Morgan fingerprint density at radius 1 is 1.24 bits per heavy atom. The molecule has 0 spiro atoms. The van der Waals surface area contributed by atoms with Crippen LogP contribution >= 0.6 is 0 Å². The number of nitrogens with zero attached hydrogens (tertiary/aromatic N) is 4. The average molecular weight is 422 g/mol. The first-order valence-electron chi connectivity index (χ1n) is 8.26. The summed E-state index contributed by atoms with van der Waals surface area (Å²) in [6.07, 6.45) is 1.85. The van der Waals surface area contributed by atoms with Gasteiger partial charge in [0.2, 0.25) is 5.95 Å². The van der Waals surface area contributed by atoms with Gasteiger partial charge in [-0.3, -0.25) is 4.98 Å². The summed E-state index contributed by atoms with van der Waals surface area (Å²) in [5, 5.41) is 9.04. The molecular weight excluding hydrogens is 406 g/mol. The van der Waals surface area contributed by atoms with Gasteiger partial charge in [0.25, 0.3) is 10.0 Å². The number of halogens is 2. The molecule has 3 aromatic rings. The number of hydrogen-bond donors (Lipinski definition) is 1. The third kappa shape index (κ3) is 3.81. The van der Waals surface area contributed by atoms with Crippen molar-refractivity contribution in [3.8, 4) is 11.3 Å². The van der Waals surface area contributed by atoms with Crippen LogP contribution in [0.5, 0.6) is 0 Å². The summed E-state index contributed by atoms with van der Waals surface area (Å²) in [5.74, 6) is -2.13. The zero-order chi connectivity index (χ0) is 21.3. The van der Waals surface area contributed by atoms with Gasteiger partial charge in [-0.15, -0.1) is 0 Å². The second kappa shape index (κ2) is 7.59. The Morgan fingerprint density at radius 3 is 2.55 bits per heavy atom. The van der Waals surface area contributed by atoms with Crippen LogP contribution in [0, 0.1) is 18.7 Å². The molecule has 1 amide bonds. The van der Waals surface area contributed by atoms with Gasteiger partial charge in [0, 0.05) is 36.9 Å². The van der Waals surface area contributed by atoms with Gasteiger partial charge in [-0.2, -0.15) is 4.39 Å². The minimum absolute atomic E-state index is 0.234. The van der Waals surface area contributed by atoms with Gasteiger partial charge in [-0.25, -0.2) is 26.6 Å². The fourth-order valence-corrected chi connectivity index (χ4v) is 3.99. The Hall–Kier alpha value is -3.34. The summed E-state index contributed by atoms with van der Waals surface area (Å²) in [5.41, 5.74) is -0.621. The Labute approximate surface area is 165 Å². The van der Waals surface area contributed by atoms with Crippen molar-refractivity contribution in [2.75, 3.05) is 7.05 Å². The minimum Gasteiger partial charge on any atom is -0.465 e. The maximum absolute atomic E-state index is 15.2. The predicted molar refractivity (Wildman–Crippen MR) is 98.6 cm³/mol. The number of aryl methyl sites for hydroxylation is 1. The van der Waals surface area contributed by atoms with Gasteiger partial charge in [-0.05, 0) is 31.2 Å². The second-order valence-electron chi connectivity index (χ2n) is 6.23. The molecule has 0 radical (unpaired) electrons. The molecule has 0 bridgehead atoms. The fraction of sp³-hybridized carbons (Fsp3) is 0.167. The van der Waals surface area contributed by atoms with Crippen LogP contribution in [0.2, 0.25) is 0 Å². The zero-order valence-corrected chi connectivity index (χ0v) is 16.2. The third-order valence-corrected chi connectivity index (χ3v) is 5.82. The van der Waals surface area contributed by atoms with Gasteiger partial charge in [-0.1, -0.05) is 0 Å². The van der Waals surface area contributed by atoms with Crippen LogP contribution in [-0.2, 0) is 16.6 Å². The van der Waals surface area contributed by atoms with E-state index in [-0.39, 0.29) is 16.0 Å². The molecule has 29 heavy (non-hydrogen) atoms. The van der Waals surface area contributed by atoms with Crippen molar-refractivity contribution in [3.63, 3.8) is 0 Å². The van der Waals surface area contributed by atoms with E-state index < -0.39 is 40.1 Å². The predicted octanol–water partition coefficient (Wildman–Crippen LogP) is 2.88. The van der Waals surface area contributed by atoms with Crippen LogP contribution in [0.1, 0.15) is 11.3 Å². The Morgan fingerprint density at radius 2 is 1.97 bits per heavy atom. The highest BCUT2D eigenvalue weighted by Crippen LogP contribution is 2.32. The molecule has 0 fully saturated rings. The van der Waals surface area contributed by atoms with Crippen LogP contribution in [-0.4, -0.2) is 45.5 Å². The number of amides is 1. The molecule has 0 aromatic carbocycles. The summed E-state index contributed by atoms with van der Waals surface area (Å²) >= 11 is 0. The van der Waals surface area contributed by atoms with E-state index in [9.17, 15) is 17.6 Å². The first-order chi connectivity index (χ1) is 13.6. The Kier molecular flexibility index (Phi) is 5.33. The first kappa shape index (κ1) is 20.4. The zero-order valence-electron chi connectivity index (χ0n) is 15.4. The summed E-state index contributed by atoms with van der Waals surface area (Å²) in [4.78, 5) is 19.0. The Bertz CT molecular complexity index is 1180. The molecule has 3 rings (SSSR count). The normalized spacial score (nSPS) is 11.4. The lowest BCUT2D eigenvalue weighted by molar-refractivity contribution is 0.153. The molecule has 0 aliphatic carbocycles.